The van der Waals surface area contributed by atoms with Gasteiger partial charge < -0.3 is 4.57 Å². The van der Waals surface area contributed by atoms with Crippen LogP contribution in [0.5, 0.6) is 0 Å². The zero-order valence-corrected chi connectivity index (χ0v) is 12.0. The van der Waals surface area contributed by atoms with E-state index in [-0.39, 0.29) is 5.56 Å². The van der Waals surface area contributed by atoms with Crippen molar-refractivity contribution in [3.05, 3.63) is 69.9 Å². The Morgan fingerprint density at radius 1 is 1.20 bits per heavy atom. The zero-order chi connectivity index (χ0) is 14.5. The van der Waals surface area contributed by atoms with Gasteiger partial charge in [-0.2, -0.15) is 0 Å². The highest BCUT2D eigenvalue weighted by atomic mass is 19.1. The van der Waals surface area contributed by atoms with Gasteiger partial charge in [-0.15, -0.1) is 0 Å². The van der Waals surface area contributed by atoms with Crippen molar-refractivity contribution in [2.75, 3.05) is 0 Å². The minimum Gasteiger partial charge on any atom is -0.311 e. The number of hydrogen-bond acceptors (Lipinski definition) is 1. The van der Waals surface area contributed by atoms with Gasteiger partial charge in [0.25, 0.3) is 5.56 Å². The second-order valence-electron chi connectivity index (χ2n) is 5.24. The summed E-state index contributed by atoms with van der Waals surface area (Å²) < 4.78 is 14.4. The number of nitrogens with zero attached hydrogens (tertiary/aromatic N) is 1. The molecule has 1 aromatic carbocycles. The Morgan fingerprint density at radius 2 is 1.90 bits per heavy atom. The average molecular weight is 273 g/mol. The first-order chi connectivity index (χ1) is 9.60. The smallest absolute Gasteiger partial charge is 0.253 e. The third-order valence-electron chi connectivity index (χ3n) is 3.58. The first-order valence-corrected chi connectivity index (χ1v) is 7.05. The molecule has 2 rings (SSSR count). The summed E-state index contributed by atoms with van der Waals surface area (Å²) in [4.78, 5) is 11.6. The molecule has 0 aliphatic carbocycles. The Kier molecular flexibility index (Phi) is 4.72. The highest BCUT2D eigenvalue weighted by molar-refractivity contribution is 5.25. The Hall–Kier alpha value is -1.90. The third-order valence-corrected chi connectivity index (χ3v) is 3.58. The maximum absolute atomic E-state index is 12.9. The molecule has 106 valence electrons. The molecule has 0 spiro atoms. The minimum atomic E-state index is -0.491. The quantitative estimate of drug-likeness (QED) is 0.808. The van der Waals surface area contributed by atoms with Crippen molar-refractivity contribution in [2.45, 2.75) is 39.2 Å². The predicted molar refractivity (Wildman–Crippen MR) is 79.5 cm³/mol. The third kappa shape index (κ3) is 3.56. The predicted octanol–water partition coefficient (Wildman–Crippen LogP) is 3.94. The summed E-state index contributed by atoms with van der Waals surface area (Å²) in [5, 5.41) is 0. The molecule has 2 nitrogen and oxygen atoms in total. The Morgan fingerprint density at radius 3 is 2.50 bits per heavy atom. The Bertz CT molecular complexity index is 616. The molecule has 0 saturated heterocycles. The molecule has 0 amide bonds. The molecule has 0 aliphatic rings. The number of halogens is 1. The van der Waals surface area contributed by atoms with Crippen LogP contribution in [0.2, 0.25) is 0 Å². The van der Waals surface area contributed by atoms with Crippen LogP contribution in [0.4, 0.5) is 4.39 Å². The van der Waals surface area contributed by atoms with E-state index in [2.05, 4.69) is 26.0 Å². The maximum Gasteiger partial charge on any atom is 0.253 e. The zero-order valence-electron chi connectivity index (χ0n) is 12.0. The molecule has 2 aromatic rings. The van der Waals surface area contributed by atoms with Gasteiger partial charge in [0, 0.05) is 12.3 Å². The highest BCUT2D eigenvalue weighted by Crippen LogP contribution is 2.20. The van der Waals surface area contributed by atoms with Gasteiger partial charge in [-0.25, -0.2) is 4.39 Å². The summed E-state index contributed by atoms with van der Waals surface area (Å²) in [7, 11) is 0. The van der Waals surface area contributed by atoms with Gasteiger partial charge in [0.1, 0.15) is 5.82 Å². The van der Waals surface area contributed by atoms with Crippen LogP contribution in [0.1, 0.15) is 43.7 Å². The van der Waals surface area contributed by atoms with Crippen LogP contribution in [0.15, 0.2) is 47.4 Å². The molecule has 0 bridgehead atoms. The summed E-state index contributed by atoms with van der Waals surface area (Å²) in [6.07, 6.45) is 3.84. The van der Waals surface area contributed by atoms with Crippen LogP contribution < -0.4 is 5.56 Å². The van der Waals surface area contributed by atoms with Crippen LogP contribution in [0.3, 0.4) is 0 Å². The molecule has 3 heteroatoms. The van der Waals surface area contributed by atoms with Crippen LogP contribution in [0.25, 0.3) is 0 Å². The van der Waals surface area contributed by atoms with Crippen molar-refractivity contribution >= 4 is 0 Å². The lowest BCUT2D eigenvalue weighted by atomic mass is 9.96. The number of rotatable bonds is 5. The summed E-state index contributed by atoms with van der Waals surface area (Å²) in [5.41, 5.74) is 2.06. The molecule has 1 atom stereocenters. The molecule has 0 radical (unpaired) electrons. The number of benzene rings is 1. The Labute approximate surface area is 118 Å². The van der Waals surface area contributed by atoms with Crippen LogP contribution in [0, 0.1) is 5.82 Å². The molecular weight excluding hydrogens is 253 g/mol. The van der Waals surface area contributed by atoms with Gasteiger partial charge in [-0.3, -0.25) is 4.79 Å². The summed E-state index contributed by atoms with van der Waals surface area (Å²) in [6.45, 7) is 4.89. The van der Waals surface area contributed by atoms with E-state index in [1.807, 2.05) is 12.1 Å². The van der Waals surface area contributed by atoms with E-state index in [1.54, 1.807) is 0 Å². The van der Waals surface area contributed by atoms with Crippen LogP contribution in [-0.4, -0.2) is 4.57 Å². The summed E-state index contributed by atoms with van der Waals surface area (Å²) in [5.74, 6) is 0.0672. The van der Waals surface area contributed by atoms with E-state index < -0.39 is 5.82 Å². The van der Waals surface area contributed by atoms with Gasteiger partial charge in [0.15, 0.2) is 0 Å². The van der Waals surface area contributed by atoms with E-state index >= 15 is 0 Å². The lowest BCUT2D eigenvalue weighted by Gasteiger charge is -2.11. The molecule has 1 heterocycles. The molecule has 0 saturated carbocycles. The van der Waals surface area contributed by atoms with E-state index in [4.69, 9.17) is 0 Å². The molecular formula is C17H20FNO. The fraction of sp³-hybridized carbons (Fsp3) is 0.353. The lowest BCUT2D eigenvalue weighted by molar-refractivity contribution is 0.611. The van der Waals surface area contributed by atoms with Crippen molar-refractivity contribution < 1.29 is 4.39 Å². The fourth-order valence-corrected chi connectivity index (χ4v) is 2.36. The number of pyridine rings is 1. The van der Waals surface area contributed by atoms with Crippen LogP contribution in [-0.2, 0) is 6.54 Å². The van der Waals surface area contributed by atoms with Gasteiger partial charge >= 0.3 is 0 Å². The first kappa shape index (κ1) is 14.5. The Balaban J connectivity index is 2.12. The topological polar surface area (TPSA) is 22.0 Å². The normalized spacial score (nSPS) is 12.3. The first-order valence-electron chi connectivity index (χ1n) is 7.05. The SMILES string of the molecule is CCCC(C)c1ccc(Cn2ccc(F)cc2=O)cc1. The van der Waals surface area contributed by atoms with Crippen molar-refractivity contribution in [1.82, 2.24) is 4.57 Å². The second-order valence-corrected chi connectivity index (χ2v) is 5.24. The van der Waals surface area contributed by atoms with Gasteiger partial charge in [0.05, 0.1) is 6.54 Å². The second kappa shape index (κ2) is 6.51. The van der Waals surface area contributed by atoms with Gasteiger partial charge in [-0.05, 0) is 29.5 Å². The number of hydrogen-bond donors (Lipinski definition) is 0. The molecule has 1 unspecified atom stereocenters. The molecule has 1 aromatic heterocycles. The standard InChI is InChI=1S/C17H20FNO/c1-3-4-13(2)15-7-5-14(6-8-15)12-19-10-9-16(18)11-17(19)20/h5-11,13H,3-4,12H2,1-2H3. The van der Waals surface area contributed by atoms with Gasteiger partial charge in [-0.1, -0.05) is 44.5 Å². The fourth-order valence-electron chi connectivity index (χ4n) is 2.36. The van der Waals surface area contributed by atoms with Crippen molar-refractivity contribution in [1.29, 1.82) is 0 Å². The van der Waals surface area contributed by atoms with E-state index in [9.17, 15) is 9.18 Å². The summed E-state index contributed by atoms with van der Waals surface area (Å²) >= 11 is 0. The lowest BCUT2D eigenvalue weighted by Crippen LogP contribution is -2.19. The molecule has 0 fully saturated rings. The minimum absolute atomic E-state index is 0.312. The van der Waals surface area contributed by atoms with Crippen molar-refractivity contribution in [2.24, 2.45) is 0 Å². The monoisotopic (exact) mass is 273 g/mol. The molecule has 0 N–H and O–H groups in total. The van der Waals surface area contributed by atoms with Crippen molar-refractivity contribution in [3.63, 3.8) is 0 Å². The maximum atomic E-state index is 12.9. The average Bonchev–Trinajstić information content (AvgIpc) is 2.43. The summed E-state index contributed by atoms with van der Waals surface area (Å²) in [6, 6.07) is 10.6. The molecule has 0 aliphatic heterocycles. The van der Waals surface area contributed by atoms with E-state index in [0.29, 0.717) is 12.5 Å². The van der Waals surface area contributed by atoms with E-state index in [1.165, 1.54) is 35.2 Å². The number of aromatic nitrogens is 1. The highest BCUT2D eigenvalue weighted by Gasteiger charge is 2.05. The van der Waals surface area contributed by atoms with Gasteiger partial charge in [0.2, 0.25) is 0 Å². The van der Waals surface area contributed by atoms with E-state index in [0.717, 1.165) is 11.6 Å². The molecule has 20 heavy (non-hydrogen) atoms. The largest absolute Gasteiger partial charge is 0.311 e. The van der Waals surface area contributed by atoms with Crippen molar-refractivity contribution in [3.8, 4) is 0 Å². The van der Waals surface area contributed by atoms with Crippen LogP contribution >= 0.6 is 0 Å².